The molecule has 1 saturated heterocycles. The van der Waals surface area contributed by atoms with Gasteiger partial charge in [0.2, 0.25) is 0 Å². The van der Waals surface area contributed by atoms with Crippen LogP contribution in [-0.2, 0) is 6.42 Å². The standard InChI is InChI=1S/C17H26N4O/c1-12-10-15-11-14(4-5-16(15)18-12)17(22)13(2)19-21-8-6-20(3)7-9-21/h4-5,11-13,18-19H,6-10H2,1-3H3. The minimum atomic E-state index is -0.187. The van der Waals surface area contributed by atoms with Crippen LogP contribution in [0.4, 0.5) is 5.69 Å². The molecule has 0 amide bonds. The van der Waals surface area contributed by atoms with Crippen molar-refractivity contribution < 1.29 is 4.79 Å². The first-order chi connectivity index (χ1) is 10.5. The zero-order valence-corrected chi connectivity index (χ0v) is 13.7. The van der Waals surface area contributed by atoms with E-state index >= 15 is 0 Å². The number of hydrazine groups is 1. The minimum Gasteiger partial charge on any atom is -0.382 e. The molecule has 0 aromatic heterocycles. The maximum Gasteiger partial charge on any atom is 0.180 e. The maximum absolute atomic E-state index is 12.6. The van der Waals surface area contributed by atoms with Crippen molar-refractivity contribution in [3.8, 4) is 0 Å². The summed E-state index contributed by atoms with van der Waals surface area (Å²) in [5.41, 5.74) is 6.59. The van der Waals surface area contributed by atoms with Crippen LogP contribution >= 0.6 is 0 Å². The molecule has 120 valence electrons. The number of hydrogen-bond acceptors (Lipinski definition) is 5. The first-order valence-electron chi connectivity index (χ1n) is 8.16. The molecule has 22 heavy (non-hydrogen) atoms. The molecule has 0 saturated carbocycles. The number of ketones is 1. The second-order valence-corrected chi connectivity index (χ2v) is 6.63. The molecular weight excluding hydrogens is 276 g/mol. The smallest absolute Gasteiger partial charge is 0.180 e. The number of rotatable bonds is 4. The zero-order chi connectivity index (χ0) is 15.7. The van der Waals surface area contributed by atoms with Gasteiger partial charge < -0.3 is 10.2 Å². The molecule has 3 rings (SSSR count). The van der Waals surface area contributed by atoms with E-state index in [2.05, 4.69) is 40.7 Å². The number of nitrogens with zero attached hydrogens (tertiary/aromatic N) is 2. The number of fused-ring (bicyclic) bond motifs is 1. The van der Waals surface area contributed by atoms with Crippen molar-refractivity contribution in [2.24, 2.45) is 0 Å². The zero-order valence-electron chi connectivity index (χ0n) is 13.7. The quantitative estimate of drug-likeness (QED) is 0.823. The normalized spacial score (nSPS) is 23.9. The summed E-state index contributed by atoms with van der Waals surface area (Å²) in [6, 6.07) is 6.30. The van der Waals surface area contributed by atoms with Gasteiger partial charge >= 0.3 is 0 Å². The van der Waals surface area contributed by atoms with Crippen molar-refractivity contribution in [2.45, 2.75) is 32.4 Å². The number of carbonyl (C=O) groups excluding carboxylic acids is 1. The van der Waals surface area contributed by atoms with Crippen molar-refractivity contribution in [2.75, 3.05) is 38.5 Å². The largest absolute Gasteiger partial charge is 0.382 e. The van der Waals surface area contributed by atoms with Crippen LogP contribution in [0.25, 0.3) is 0 Å². The Bertz CT molecular complexity index is 552. The van der Waals surface area contributed by atoms with Gasteiger partial charge in [-0.2, -0.15) is 0 Å². The third-order valence-corrected chi connectivity index (χ3v) is 4.59. The summed E-state index contributed by atoms with van der Waals surface area (Å²) in [4.78, 5) is 14.9. The van der Waals surface area contributed by atoms with E-state index in [1.54, 1.807) is 0 Å². The van der Waals surface area contributed by atoms with Gasteiger partial charge in [-0.1, -0.05) is 0 Å². The van der Waals surface area contributed by atoms with Crippen molar-refractivity contribution in [3.05, 3.63) is 29.3 Å². The molecule has 2 aliphatic heterocycles. The molecule has 0 spiro atoms. The van der Waals surface area contributed by atoms with E-state index in [0.717, 1.165) is 38.2 Å². The van der Waals surface area contributed by atoms with E-state index in [1.165, 1.54) is 11.3 Å². The third-order valence-electron chi connectivity index (χ3n) is 4.59. The highest BCUT2D eigenvalue weighted by molar-refractivity contribution is 6.00. The van der Waals surface area contributed by atoms with E-state index in [1.807, 2.05) is 19.1 Å². The van der Waals surface area contributed by atoms with Crippen LogP contribution in [0.3, 0.4) is 0 Å². The van der Waals surface area contributed by atoms with Gasteiger partial charge in [-0.05, 0) is 51.1 Å². The predicted molar refractivity (Wildman–Crippen MR) is 89.2 cm³/mol. The second kappa shape index (κ2) is 6.36. The van der Waals surface area contributed by atoms with Crippen LogP contribution in [0.2, 0.25) is 0 Å². The summed E-state index contributed by atoms with van der Waals surface area (Å²) in [6.07, 6.45) is 0.997. The highest BCUT2D eigenvalue weighted by Crippen LogP contribution is 2.26. The number of hydrogen-bond donors (Lipinski definition) is 2. The molecule has 5 nitrogen and oxygen atoms in total. The molecule has 2 N–H and O–H groups in total. The number of anilines is 1. The average molecular weight is 302 g/mol. The van der Waals surface area contributed by atoms with Crippen LogP contribution in [0.15, 0.2) is 18.2 Å². The fraction of sp³-hybridized carbons (Fsp3) is 0.588. The van der Waals surface area contributed by atoms with Gasteiger partial charge in [-0.15, -0.1) is 0 Å². The van der Waals surface area contributed by atoms with Crippen molar-refractivity contribution in [1.29, 1.82) is 0 Å². The summed E-state index contributed by atoms with van der Waals surface area (Å²) < 4.78 is 0. The highest BCUT2D eigenvalue weighted by atomic mass is 16.1. The molecule has 0 radical (unpaired) electrons. The van der Waals surface area contributed by atoms with Gasteiger partial charge in [0.25, 0.3) is 0 Å². The van der Waals surface area contributed by atoms with Crippen LogP contribution in [-0.4, -0.2) is 61.0 Å². The number of Topliss-reactive ketones (excluding diaryl/α,β-unsaturated/α-hetero) is 1. The second-order valence-electron chi connectivity index (χ2n) is 6.63. The number of nitrogens with one attached hydrogen (secondary N) is 2. The maximum atomic E-state index is 12.6. The SMILES string of the molecule is CC1Cc2cc(C(=O)C(C)NN3CCN(C)CC3)ccc2N1. The van der Waals surface area contributed by atoms with E-state index in [9.17, 15) is 4.79 Å². The molecule has 0 aliphatic carbocycles. The van der Waals surface area contributed by atoms with Crippen LogP contribution in [0.1, 0.15) is 29.8 Å². The van der Waals surface area contributed by atoms with Crippen molar-refractivity contribution in [1.82, 2.24) is 15.3 Å². The Morgan fingerprint density at radius 2 is 2.05 bits per heavy atom. The van der Waals surface area contributed by atoms with E-state index in [0.29, 0.717) is 6.04 Å². The van der Waals surface area contributed by atoms with Crippen LogP contribution in [0.5, 0.6) is 0 Å². The molecule has 1 fully saturated rings. The first-order valence-corrected chi connectivity index (χ1v) is 8.16. The van der Waals surface area contributed by atoms with E-state index in [-0.39, 0.29) is 11.8 Å². The minimum absolute atomic E-state index is 0.168. The molecular formula is C17H26N4O. The molecule has 2 unspecified atom stereocenters. The Labute approximate surface area is 132 Å². The lowest BCUT2D eigenvalue weighted by molar-refractivity contribution is 0.0718. The van der Waals surface area contributed by atoms with Crippen molar-refractivity contribution >= 4 is 11.5 Å². The number of carbonyl (C=O) groups is 1. The summed E-state index contributed by atoms with van der Waals surface area (Å²) in [5.74, 6) is 0.168. The highest BCUT2D eigenvalue weighted by Gasteiger charge is 2.23. The number of piperazine rings is 1. The average Bonchev–Trinajstić information content (AvgIpc) is 2.87. The Kier molecular flexibility index (Phi) is 4.47. The summed E-state index contributed by atoms with van der Waals surface area (Å²) >= 11 is 0. The Balaban J connectivity index is 1.62. The monoisotopic (exact) mass is 302 g/mol. The topological polar surface area (TPSA) is 47.6 Å². The Morgan fingerprint density at radius 3 is 2.77 bits per heavy atom. The van der Waals surface area contributed by atoms with E-state index < -0.39 is 0 Å². The lowest BCUT2D eigenvalue weighted by Crippen LogP contribution is -2.54. The molecule has 1 aromatic carbocycles. The van der Waals surface area contributed by atoms with Gasteiger partial charge in [0.15, 0.2) is 5.78 Å². The third kappa shape index (κ3) is 3.32. The lowest BCUT2D eigenvalue weighted by Gasteiger charge is -2.34. The number of likely N-dealkylation sites (N-methyl/N-ethyl adjacent to an activating group) is 1. The molecule has 2 aliphatic rings. The van der Waals surface area contributed by atoms with Gasteiger partial charge in [-0.25, -0.2) is 10.4 Å². The van der Waals surface area contributed by atoms with E-state index in [4.69, 9.17) is 0 Å². The fourth-order valence-corrected chi connectivity index (χ4v) is 3.22. The molecule has 1 aromatic rings. The summed E-state index contributed by atoms with van der Waals surface area (Å²) in [7, 11) is 2.13. The fourth-order valence-electron chi connectivity index (χ4n) is 3.22. The van der Waals surface area contributed by atoms with Gasteiger partial charge in [0.1, 0.15) is 0 Å². The first kappa shape index (κ1) is 15.5. The molecule has 2 heterocycles. The Hall–Kier alpha value is -1.43. The summed E-state index contributed by atoms with van der Waals surface area (Å²) in [5, 5.41) is 5.59. The van der Waals surface area contributed by atoms with Crippen molar-refractivity contribution in [3.63, 3.8) is 0 Å². The predicted octanol–water partition coefficient (Wildman–Crippen LogP) is 1.37. The Morgan fingerprint density at radius 1 is 1.32 bits per heavy atom. The van der Waals surface area contributed by atoms with Crippen LogP contribution < -0.4 is 10.7 Å². The number of benzene rings is 1. The molecule has 0 bridgehead atoms. The van der Waals surface area contributed by atoms with Gasteiger partial charge in [0.05, 0.1) is 6.04 Å². The van der Waals surface area contributed by atoms with Crippen LogP contribution in [0, 0.1) is 0 Å². The molecule has 2 atom stereocenters. The lowest BCUT2D eigenvalue weighted by atomic mass is 10.0. The van der Waals surface area contributed by atoms with Gasteiger partial charge in [0, 0.05) is 43.5 Å². The summed E-state index contributed by atoms with van der Waals surface area (Å²) in [6.45, 7) is 8.11. The van der Waals surface area contributed by atoms with Gasteiger partial charge in [-0.3, -0.25) is 4.79 Å². The molecule has 5 heteroatoms.